The van der Waals surface area contributed by atoms with Gasteiger partial charge in [-0.1, -0.05) is 27.7 Å². The number of rotatable bonds is 1. The van der Waals surface area contributed by atoms with Crippen molar-refractivity contribution in [2.24, 2.45) is 17.3 Å². The highest BCUT2D eigenvalue weighted by atomic mass is 14.3. The van der Waals surface area contributed by atoms with Gasteiger partial charge >= 0.3 is 0 Å². The molecule has 0 aliphatic heterocycles. The first-order valence-corrected chi connectivity index (χ1v) is 4.47. The van der Waals surface area contributed by atoms with Crippen LogP contribution in [0, 0.1) is 17.3 Å². The second-order valence-electron chi connectivity index (χ2n) is 5.21. The monoisotopic (exact) mass is 140 g/mol. The summed E-state index contributed by atoms with van der Waals surface area (Å²) in [7, 11) is 0. The molecule has 0 radical (unpaired) electrons. The maximum atomic E-state index is 2.36. The van der Waals surface area contributed by atoms with Gasteiger partial charge in [-0.2, -0.15) is 0 Å². The Hall–Kier alpha value is 0. The Kier molecular flexibility index (Phi) is 2.07. The number of hydrogen-bond acceptors (Lipinski definition) is 0. The summed E-state index contributed by atoms with van der Waals surface area (Å²) >= 11 is 0. The molecule has 1 fully saturated rings. The van der Waals surface area contributed by atoms with Gasteiger partial charge in [0.25, 0.3) is 0 Å². The highest BCUT2D eigenvalue weighted by Gasteiger charge is 2.28. The normalized spacial score (nSPS) is 33.6. The summed E-state index contributed by atoms with van der Waals surface area (Å²) in [4.78, 5) is 0. The maximum absolute atomic E-state index is 2.36. The summed E-state index contributed by atoms with van der Waals surface area (Å²) in [6.07, 6.45) is 4.39. The quantitative estimate of drug-likeness (QED) is 0.523. The van der Waals surface area contributed by atoms with Gasteiger partial charge in [-0.25, -0.2) is 0 Å². The SMILES string of the molecule is CC1CC(CC(C)(C)C)C1. The minimum Gasteiger partial charge on any atom is -0.0625 e. The van der Waals surface area contributed by atoms with Gasteiger partial charge in [-0.05, 0) is 36.5 Å². The standard InChI is InChI=1S/C10H20/c1-8-5-9(6-8)7-10(2,3)4/h8-9H,5-7H2,1-4H3. The molecule has 10 heavy (non-hydrogen) atoms. The molecule has 0 amide bonds. The Morgan fingerprint density at radius 2 is 1.70 bits per heavy atom. The third-order valence-electron chi connectivity index (χ3n) is 2.37. The zero-order chi connectivity index (χ0) is 7.78. The molecule has 0 heteroatoms. The van der Waals surface area contributed by atoms with Crippen molar-refractivity contribution in [3.8, 4) is 0 Å². The van der Waals surface area contributed by atoms with Gasteiger partial charge in [0.15, 0.2) is 0 Å². The van der Waals surface area contributed by atoms with Crippen LogP contribution in [0.25, 0.3) is 0 Å². The molecule has 1 saturated carbocycles. The predicted octanol–water partition coefficient (Wildman–Crippen LogP) is 3.47. The highest BCUT2D eigenvalue weighted by molar-refractivity contribution is 4.80. The van der Waals surface area contributed by atoms with Gasteiger partial charge in [-0.3, -0.25) is 0 Å². The van der Waals surface area contributed by atoms with Gasteiger partial charge in [0.1, 0.15) is 0 Å². The second-order valence-corrected chi connectivity index (χ2v) is 5.21. The van der Waals surface area contributed by atoms with Gasteiger partial charge in [0.2, 0.25) is 0 Å². The first kappa shape index (κ1) is 8.10. The molecule has 0 aromatic heterocycles. The van der Waals surface area contributed by atoms with E-state index in [0.717, 1.165) is 11.8 Å². The van der Waals surface area contributed by atoms with Crippen LogP contribution in [0.3, 0.4) is 0 Å². The van der Waals surface area contributed by atoms with Crippen LogP contribution in [0.1, 0.15) is 47.0 Å². The van der Waals surface area contributed by atoms with E-state index in [0.29, 0.717) is 5.41 Å². The second kappa shape index (κ2) is 2.56. The molecule has 1 aliphatic rings. The molecule has 0 atom stereocenters. The van der Waals surface area contributed by atoms with Crippen molar-refractivity contribution in [2.75, 3.05) is 0 Å². The molecule has 1 aliphatic carbocycles. The summed E-state index contributed by atoms with van der Waals surface area (Å²) < 4.78 is 0. The van der Waals surface area contributed by atoms with E-state index in [-0.39, 0.29) is 0 Å². The molecule has 0 heterocycles. The smallest absolute Gasteiger partial charge is 0.0380 e. The van der Waals surface area contributed by atoms with Crippen LogP contribution in [-0.4, -0.2) is 0 Å². The van der Waals surface area contributed by atoms with Crippen molar-refractivity contribution in [1.29, 1.82) is 0 Å². The molecular weight excluding hydrogens is 120 g/mol. The minimum absolute atomic E-state index is 0.560. The topological polar surface area (TPSA) is 0 Å². The van der Waals surface area contributed by atoms with Crippen molar-refractivity contribution >= 4 is 0 Å². The Balaban J connectivity index is 2.16. The summed E-state index contributed by atoms with van der Waals surface area (Å²) in [6, 6.07) is 0. The first-order valence-electron chi connectivity index (χ1n) is 4.47. The van der Waals surface area contributed by atoms with Crippen molar-refractivity contribution in [3.63, 3.8) is 0 Å². The average molecular weight is 140 g/mol. The first-order chi connectivity index (χ1) is 4.47. The van der Waals surface area contributed by atoms with Gasteiger partial charge in [0, 0.05) is 0 Å². The summed E-state index contributed by atoms with van der Waals surface area (Å²) in [5, 5.41) is 0. The predicted molar refractivity (Wildman–Crippen MR) is 46.0 cm³/mol. The third kappa shape index (κ3) is 2.32. The summed E-state index contributed by atoms with van der Waals surface area (Å²) in [5.41, 5.74) is 0.560. The van der Waals surface area contributed by atoms with E-state index in [4.69, 9.17) is 0 Å². The van der Waals surface area contributed by atoms with Crippen molar-refractivity contribution in [1.82, 2.24) is 0 Å². The van der Waals surface area contributed by atoms with Crippen LogP contribution in [0.5, 0.6) is 0 Å². The lowest BCUT2D eigenvalue weighted by Crippen LogP contribution is -2.25. The lowest BCUT2D eigenvalue weighted by atomic mass is 9.69. The molecule has 0 unspecified atom stereocenters. The largest absolute Gasteiger partial charge is 0.0625 e. The maximum Gasteiger partial charge on any atom is -0.0380 e. The van der Waals surface area contributed by atoms with Crippen LogP contribution in [0.2, 0.25) is 0 Å². The van der Waals surface area contributed by atoms with Crippen LogP contribution in [0.15, 0.2) is 0 Å². The van der Waals surface area contributed by atoms with E-state index >= 15 is 0 Å². The van der Waals surface area contributed by atoms with Gasteiger partial charge in [0.05, 0.1) is 0 Å². The van der Waals surface area contributed by atoms with Gasteiger partial charge in [-0.15, -0.1) is 0 Å². The van der Waals surface area contributed by atoms with Crippen LogP contribution in [0.4, 0.5) is 0 Å². The lowest BCUT2D eigenvalue weighted by Gasteiger charge is -2.37. The zero-order valence-corrected chi connectivity index (χ0v) is 7.78. The molecule has 0 nitrogen and oxygen atoms in total. The molecule has 0 saturated heterocycles. The Labute approximate surface area is 65.0 Å². The van der Waals surface area contributed by atoms with Crippen LogP contribution >= 0.6 is 0 Å². The third-order valence-corrected chi connectivity index (χ3v) is 2.37. The van der Waals surface area contributed by atoms with Crippen molar-refractivity contribution in [3.05, 3.63) is 0 Å². The lowest BCUT2D eigenvalue weighted by molar-refractivity contribution is 0.147. The Bertz CT molecular complexity index is 102. The molecular formula is C10H20. The molecule has 0 aromatic carbocycles. The fourth-order valence-corrected chi connectivity index (χ4v) is 2.10. The minimum atomic E-state index is 0.560. The number of hydrogen-bond donors (Lipinski definition) is 0. The summed E-state index contributed by atoms with van der Waals surface area (Å²) in [6.45, 7) is 9.39. The Morgan fingerprint density at radius 3 is 2.00 bits per heavy atom. The Morgan fingerprint density at radius 1 is 1.20 bits per heavy atom. The van der Waals surface area contributed by atoms with E-state index in [1.54, 1.807) is 0 Å². The van der Waals surface area contributed by atoms with E-state index in [2.05, 4.69) is 27.7 Å². The molecule has 0 N–H and O–H groups in total. The van der Waals surface area contributed by atoms with E-state index < -0.39 is 0 Å². The summed E-state index contributed by atoms with van der Waals surface area (Å²) in [5.74, 6) is 2.07. The van der Waals surface area contributed by atoms with Crippen molar-refractivity contribution in [2.45, 2.75) is 47.0 Å². The molecule has 0 spiro atoms. The molecule has 1 rings (SSSR count). The molecule has 0 aromatic rings. The highest BCUT2D eigenvalue weighted by Crippen LogP contribution is 2.40. The van der Waals surface area contributed by atoms with E-state index in [9.17, 15) is 0 Å². The van der Waals surface area contributed by atoms with Crippen molar-refractivity contribution < 1.29 is 0 Å². The fourth-order valence-electron chi connectivity index (χ4n) is 2.10. The van der Waals surface area contributed by atoms with E-state index in [1.807, 2.05) is 0 Å². The van der Waals surface area contributed by atoms with Crippen LogP contribution in [-0.2, 0) is 0 Å². The van der Waals surface area contributed by atoms with Crippen LogP contribution < -0.4 is 0 Å². The van der Waals surface area contributed by atoms with Gasteiger partial charge < -0.3 is 0 Å². The fraction of sp³-hybridized carbons (Fsp3) is 1.00. The molecule has 60 valence electrons. The average Bonchev–Trinajstić information content (AvgIpc) is 1.57. The zero-order valence-electron chi connectivity index (χ0n) is 7.78. The molecule has 0 bridgehead atoms. The van der Waals surface area contributed by atoms with E-state index in [1.165, 1.54) is 19.3 Å².